The standard InChI is InChI=1S/C20H22N4OS/c25-19(22-16-6-2-1-3-7-16)21-14-15-10-12-24(13-11-15)20-23-17-8-4-5-9-18(17)26-20/h1-9,15H,10-14H2,(H2,21,22,25). The zero-order valence-corrected chi connectivity index (χ0v) is 15.3. The van der Waals surface area contributed by atoms with Crippen LogP contribution in [0.4, 0.5) is 15.6 Å². The SMILES string of the molecule is O=C(NCC1CCN(c2nc3ccccc3s2)CC1)Nc1ccccc1. The molecule has 2 N–H and O–H groups in total. The lowest BCUT2D eigenvalue weighted by atomic mass is 9.97. The molecule has 3 aromatic rings. The first-order valence-electron chi connectivity index (χ1n) is 8.98. The number of hydrogen-bond acceptors (Lipinski definition) is 4. The minimum Gasteiger partial charge on any atom is -0.348 e. The number of piperidine rings is 1. The lowest BCUT2D eigenvalue weighted by Gasteiger charge is -2.31. The number of thiazole rings is 1. The zero-order valence-electron chi connectivity index (χ0n) is 14.5. The fourth-order valence-electron chi connectivity index (χ4n) is 3.26. The number of aromatic nitrogens is 1. The fourth-order valence-corrected chi connectivity index (χ4v) is 4.27. The molecule has 1 aliphatic heterocycles. The van der Waals surface area contributed by atoms with Gasteiger partial charge in [-0.15, -0.1) is 0 Å². The van der Waals surface area contributed by atoms with E-state index in [0.29, 0.717) is 12.5 Å². The number of para-hydroxylation sites is 2. The molecule has 134 valence electrons. The van der Waals surface area contributed by atoms with Gasteiger partial charge in [0.15, 0.2) is 5.13 Å². The second-order valence-corrected chi connectivity index (χ2v) is 7.60. The van der Waals surface area contributed by atoms with Crippen LogP contribution in [-0.2, 0) is 0 Å². The summed E-state index contributed by atoms with van der Waals surface area (Å²) < 4.78 is 1.24. The van der Waals surface area contributed by atoms with Gasteiger partial charge in [-0.2, -0.15) is 0 Å². The van der Waals surface area contributed by atoms with E-state index in [2.05, 4.69) is 33.7 Å². The van der Waals surface area contributed by atoms with Gasteiger partial charge in [-0.25, -0.2) is 9.78 Å². The smallest absolute Gasteiger partial charge is 0.319 e. The Kier molecular flexibility index (Phi) is 5.02. The van der Waals surface area contributed by atoms with Crippen LogP contribution in [0.15, 0.2) is 54.6 Å². The van der Waals surface area contributed by atoms with Gasteiger partial charge in [-0.3, -0.25) is 0 Å². The van der Waals surface area contributed by atoms with Gasteiger partial charge in [0.2, 0.25) is 0 Å². The van der Waals surface area contributed by atoms with Crippen molar-refractivity contribution in [1.82, 2.24) is 10.3 Å². The van der Waals surface area contributed by atoms with Crippen molar-refractivity contribution in [3.63, 3.8) is 0 Å². The van der Waals surface area contributed by atoms with Gasteiger partial charge in [-0.05, 0) is 43.0 Å². The summed E-state index contributed by atoms with van der Waals surface area (Å²) in [6.07, 6.45) is 2.14. The molecule has 2 heterocycles. The molecule has 2 aromatic carbocycles. The van der Waals surface area contributed by atoms with Crippen LogP contribution >= 0.6 is 11.3 Å². The predicted molar refractivity (Wildman–Crippen MR) is 108 cm³/mol. The van der Waals surface area contributed by atoms with Crippen molar-refractivity contribution in [3.05, 3.63) is 54.6 Å². The van der Waals surface area contributed by atoms with Crippen LogP contribution in [0.5, 0.6) is 0 Å². The third-order valence-corrected chi connectivity index (χ3v) is 5.85. The first-order chi connectivity index (χ1) is 12.8. The van der Waals surface area contributed by atoms with E-state index in [1.807, 2.05) is 36.4 Å². The summed E-state index contributed by atoms with van der Waals surface area (Å²) in [5.41, 5.74) is 1.89. The van der Waals surface area contributed by atoms with Crippen molar-refractivity contribution in [3.8, 4) is 0 Å². The quantitative estimate of drug-likeness (QED) is 0.722. The average molecular weight is 366 g/mol. The van der Waals surface area contributed by atoms with E-state index in [1.165, 1.54) is 4.70 Å². The Morgan fingerprint density at radius 3 is 2.58 bits per heavy atom. The Labute approximate surface area is 157 Å². The summed E-state index contributed by atoms with van der Waals surface area (Å²) in [5.74, 6) is 0.516. The summed E-state index contributed by atoms with van der Waals surface area (Å²) in [7, 11) is 0. The minimum absolute atomic E-state index is 0.134. The third-order valence-electron chi connectivity index (χ3n) is 4.75. The van der Waals surface area contributed by atoms with Gasteiger partial charge in [0.05, 0.1) is 10.2 Å². The highest BCUT2D eigenvalue weighted by atomic mass is 32.1. The minimum atomic E-state index is -0.134. The number of fused-ring (bicyclic) bond motifs is 1. The van der Waals surface area contributed by atoms with Gasteiger partial charge in [0.1, 0.15) is 0 Å². The molecule has 0 atom stereocenters. The Morgan fingerprint density at radius 2 is 1.81 bits per heavy atom. The van der Waals surface area contributed by atoms with E-state index in [1.54, 1.807) is 11.3 Å². The van der Waals surface area contributed by atoms with Crippen LogP contribution < -0.4 is 15.5 Å². The molecule has 0 spiro atoms. The molecule has 1 saturated heterocycles. The number of urea groups is 1. The van der Waals surface area contributed by atoms with Crippen LogP contribution in [0.1, 0.15) is 12.8 Å². The predicted octanol–water partition coefficient (Wildman–Crippen LogP) is 4.33. The van der Waals surface area contributed by atoms with Gasteiger partial charge in [-0.1, -0.05) is 41.7 Å². The number of rotatable bonds is 4. The molecule has 6 heteroatoms. The van der Waals surface area contributed by atoms with E-state index in [4.69, 9.17) is 4.98 Å². The third kappa shape index (κ3) is 3.96. The van der Waals surface area contributed by atoms with Crippen molar-refractivity contribution >= 4 is 38.4 Å². The van der Waals surface area contributed by atoms with Gasteiger partial charge in [0.25, 0.3) is 0 Å². The first-order valence-corrected chi connectivity index (χ1v) is 9.80. The molecule has 1 aliphatic rings. The molecule has 5 nitrogen and oxygen atoms in total. The molecule has 0 bridgehead atoms. The van der Waals surface area contributed by atoms with E-state index in [9.17, 15) is 4.79 Å². The summed E-state index contributed by atoms with van der Waals surface area (Å²) in [6, 6.07) is 17.7. The van der Waals surface area contributed by atoms with Crippen LogP contribution in [0.25, 0.3) is 10.2 Å². The monoisotopic (exact) mass is 366 g/mol. The lowest BCUT2D eigenvalue weighted by molar-refractivity contribution is 0.248. The molecule has 26 heavy (non-hydrogen) atoms. The van der Waals surface area contributed by atoms with E-state index >= 15 is 0 Å². The van der Waals surface area contributed by atoms with Gasteiger partial charge >= 0.3 is 6.03 Å². The average Bonchev–Trinajstić information content (AvgIpc) is 3.12. The highest BCUT2D eigenvalue weighted by Gasteiger charge is 2.22. The van der Waals surface area contributed by atoms with Crippen molar-refractivity contribution in [2.45, 2.75) is 12.8 Å². The number of nitrogens with zero attached hydrogens (tertiary/aromatic N) is 2. The van der Waals surface area contributed by atoms with E-state index in [0.717, 1.165) is 42.3 Å². The van der Waals surface area contributed by atoms with E-state index in [-0.39, 0.29) is 6.03 Å². The number of carbonyl (C=O) groups is 1. The molecule has 0 aliphatic carbocycles. The van der Waals surface area contributed by atoms with Crippen LogP contribution in [0, 0.1) is 5.92 Å². The molecule has 0 radical (unpaired) electrons. The molecular formula is C20H22N4OS. The van der Waals surface area contributed by atoms with E-state index < -0.39 is 0 Å². The van der Waals surface area contributed by atoms with Crippen molar-refractivity contribution in [1.29, 1.82) is 0 Å². The molecule has 1 fully saturated rings. The maximum absolute atomic E-state index is 12.0. The van der Waals surface area contributed by atoms with Crippen molar-refractivity contribution < 1.29 is 4.79 Å². The second-order valence-electron chi connectivity index (χ2n) is 6.60. The number of anilines is 2. The number of nitrogens with one attached hydrogen (secondary N) is 2. The normalized spacial score (nSPS) is 15.2. The maximum Gasteiger partial charge on any atom is 0.319 e. The summed E-state index contributed by atoms with van der Waals surface area (Å²) in [5, 5.41) is 6.97. The van der Waals surface area contributed by atoms with Crippen LogP contribution in [0.2, 0.25) is 0 Å². The number of hydrogen-bond donors (Lipinski definition) is 2. The molecule has 0 saturated carbocycles. The zero-order chi connectivity index (χ0) is 17.8. The summed E-state index contributed by atoms with van der Waals surface area (Å²) in [6.45, 7) is 2.70. The summed E-state index contributed by atoms with van der Waals surface area (Å²) in [4.78, 5) is 19.1. The van der Waals surface area contributed by atoms with Crippen LogP contribution in [-0.4, -0.2) is 30.6 Å². The first kappa shape index (κ1) is 16.8. The Bertz CT molecular complexity index is 839. The van der Waals surface area contributed by atoms with Gasteiger partial charge < -0.3 is 15.5 Å². The molecule has 2 amide bonds. The highest BCUT2D eigenvalue weighted by Crippen LogP contribution is 2.31. The molecule has 1 aromatic heterocycles. The van der Waals surface area contributed by atoms with Crippen molar-refractivity contribution in [2.75, 3.05) is 29.9 Å². The lowest BCUT2D eigenvalue weighted by Crippen LogP contribution is -2.39. The Hall–Kier alpha value is -2.60. The van der Waals surface area contributed by atoms with Gasteiger partial charge in [0, 0.05) is 25.3 Å². The fraction of sp³-hybridized carbons (Fsp3) is 0.300. The van der Waals surface area contributed by atoms with Crippen LogP contribution in [0.3, 0.4) is 0 Å². The number of carbonyl (C=O) groups excluding carboxylic acids is 1. The Morgan fingerprint density at radius 1 is 1.08 bits per heavy atom. The largest absolute Gasteiger partial charge is 0.348 e. The number of amides is 2. The molecular weight excluding hydrogens is 344 g/mol. The topological polar surface area (TPSA) is 57.3 Å². The molecule has 0 unspecified atom stereocenters. The number of benzene rings is 2. The molecule has 4 rings (SSSR count). The summed E-state index contributed by atoms with van der Waals surface area (Å²) >= 11 is 1.76. The highest BCUT2D eigenvalue weighted by molar-refractivity contribution is 7.22. The Balaban J connectivity index is 1.25. The second kappa shape index (κ2) is 7.74. The van der Waals surface area contributed by atoms with Crippen molar-refractivity contribution in [2.24, 2.45) is 5.92 Å². The maximum atomic E-state index is 12.0.